The van der Waals surface area contributed by atoms with Crippen LogP contribution in [0.5, 0.6) is 0 Å². The smallest absolute Gasteiger partial charge is 0.410 e. The maximum Gasteiger partial charge on any atom is 0.410 e. The summed E-state index contributed by atoms with van der Waals surface area (Å²) >= 11 is 0. The highest BCUT2D eigenvalue weighted by Crippen LogP contribution is 2.28. The molecule has 0 spiro atoms. The van der Waals surface area contributed by atoms with E-state index < -0.39 is 5.60 Å². The monoisotopic (exact) mass is 310 g/mol. The third-order valence-corrected chi connectivity index (χ3v) is 4.56. The Bertz CT molecular complexity index is 361. The molecule has 2 fully saturated rings. The summed E-state index contributed by atoms with van der Waals surface area (Å²) in [5.74, 6) is 0.857. The first-order chi connectivity index (χ1) is 10.3. The normalized spacial score (nSPS) is 25.8. The molecule has 1 N–H and O–H groups in total. The van der Waals surface area contributed by atoms with Crippen LogP contribution in [0.4, 0.5) is 4.79 Å². The Hall–Kier alpha value is -0.770. The zero-order chi connectivity index (χ0) is 16.2. The SMILES string of the molecule is CC1CCCC(NCCCN(C(=O)OC(C)(C)C)C2CC2)C1. The molecule has 0 bridgehead atoms. The van der Waals surface area contributed by atoms with Crippen LogP contribution in [0.3, 0.4) is 0 Å². The number of ether oxygens (including phenoxy) is 1. The molecule has 22 heavy (non-hydrogen) atoms. The van der Waals surface area contributed by atoms with Crippen LogP contribution < -0.4 is 5.32 Å². The van der Waals surface area contributed by atoms with Crippen LogP contribution in [0.2, 0.25) is 0 Å². The lowest BCUT2D eigenvalue weighted by Crippen LogP contribution is -2.40. The van der Waals surface area contributed by atoms with E-state index in [4.69, 9.17) is 4.74 Å². The summed E-state index contributed by atoms with van der Waals surface area (Å²) in [6.07, 6.45) is 8.49. The minimum atomic E-state index is -0.402. The van der Waals surface area contributed by atoms with Gasteiger partial charge in [-0.15, -0.1) is 0 Å². The first kappa shape index (κ1) is 17.6. The Balaban J connectivity index is 1.67. The fourth-order valence-electron chi connectivity index (χ4n) is 3.30. The van der Waals surface area contributed by atoms with Gasteiger partial charge in [-0.25, -0.2) is 4.79 Å². The molecule has 0 aromatic rings. The average Bonchev–Trinajstić information content (AvgIpc) is 3.21. The van der Waals surface area contributed by atoms with Crippen molar-refractivity contribution in [2.45, 2.75) is 90.3 Å². The van der Waals surface area contributed by atoms with Crippen LogP contribution in [0.1, 0.15) is 72.6 Å². The van der Waals surface area contributed by atoms with E-state index in [1.54, 1.807) is 0 Å². The predicted octanol–water partition coefficient (Wildman–Crippen LogP) is 3.94. The van der Waals surface area contributed by atoms with Gasteiger partial charge < -0.3 is 15.0 Å². The number of amides is 1. The van der Waals surface area contributed by atoms with Crippen molar-refractivity contribution in [3.63, 3.8) is 0 Å². The third-order valence-electron chi connectivity index (χ3n) is 4.56. The second-order valence-electron chi connectivity index (χ2n) is 8.18. The van der Waals surface area contributed by atoms with E-state index in [9.17, 15) is 4.79 Å². The third kappa shape index (κ3) is 6.15. The van der Waals surface area contributed by atoms with Crippen LogP contribution >= 0.6 is 0 Å². The van der Waals surface area contributed by atoms with E-state index in [-0.39, 0.29) is 6.09 Å². The van der Waals surface area contributed by atoms with Crippen molar-refractivity contribution in [2.75, 3.05) is 13.1 Å². The standard InChI is InChI=1S/C18H34N2O2/c1-14-7-5-8-15(13-14)19-11-6-12-20(16-9-10-16)17(21)22-18(2,3)4/h14-16,19H,5-13H2,1-4H3. The van der Waals surface area contributed by atoms with Crippen molar-refractivity contribution < 1.29 is 9.53 Å². The summed E-state index contributed by atoms with van der Waals surface area (Å²) < 4.78 is 5.53. The molecule has 2 aliphatic rings. The Kier molecular flexibility index (Phi) is 6.13. The number of nitrogens with zero attached hydrogens (tertiary/aromatic N) is 1. The summed E-state index contributed by atoms with van der Waals surface area (Å²) in [6, 6.07) is 1.10. The molecule has 2 unspecified atom stereocenters. The van der Waals surface area contributed by atoms with E-state index in [1.165, 1.54) is 25.7 Å². The van der Waals surface area contributed by atoms with E-state index in [0.717, 1.165) is 38.3 Å². The zero-order valence-electron chi connectivity index (χ0n) is 14.9. The van der Waals surface area contributed by atoms with E-state index in [0.29, 0.717) is 12.1 Å². The molecule has 1 amide bonds. The molecule has 0 saturated heterocycles. The zero-order valence-corrected chi connectivity index (χ0v) is 14.9. The maximum absolute atomic E-state index is 12.3. The van der Waals surface area contributed by atoms with E-state index in [1.807, 2.05) is 25.7 Å². The number of nitrogens with one attached hydrogen (secondary N) is 1. The van der Waals surface area contributed by atoms with Gasteiger partial charge in [0.2, 0.25) is 0 Å². The number of carbonyl (C=O) groups is 1. The molecule has 2 aliphatic carbocycles. The highest BCUT2D eigenvalue weighted by Gasteiger charge is 2.34. The number of rotatable bonds is 6. The van der Waals surface area contributed by atoms with Crippen molar-refractivity contribution in [2.24, 2.45) is 5.92 Å². The fraction of sp³-hybridized carbons (Fsp3) is 0.944. The van der Waals surface area contributed by atoms with Gasteiger partial charge in [0.1, 0.15) is 5.60 Å². The Morgan fingerprint density at radius 2 is 1.95 bits per heavy atom. The summed E-state index contributed by atoms with van der Waals surface area (Å²) in [6.45, 7) is 9.97. The lowest BCUT2D eigenvalue weighted by Gasteiger charge is -2.29. The first-order valence-electron chi connectivity index (χ1n) is 9.08. The van der Waals surface area contributed by atoms with Gasteiger partial charge in [-0.05, 0) is 65.3 Å². The average molecular weight is 310 g/mol. The van der Waals surface area contributed by atoms with Gasteiger partial charge in [0.15, 0.2) is 0 Å². The Labute approximate surface area is 136 Å². The van der Waals surface area contributed by atoms with Crippen molar-refractivity contribution in [1.82, 2.24) is 10.2 Å². The van der Waals surface area contributed by atoms with Crippen molar-refractivity contribution >= 4 is 6.09 Å². The summed E-state index contributed by atoms with van der Waals surface area (Å²) in [5.41, 5.74) is -0.402. The number of hydrogen-bond donors (Lipinski definition) is 1. The molecule has 0 aromatic carbocycles. The van der Waals surface area contributed by atoms with Crippen LogP contribution in [0.15, 0.2) is 0 Å². The largest absolute Gasteiger partial charge is 0.444 e. The molecular weight excluding hydrogens is 276 g/mol. The molecule has 128 valence electrons. The Morgan fingerprint density at radius 1 is 1.23 bits per heavy atom. The molecule has 2 rings (SSSR count). The van der Waals surface area contributed by atoms with Gasteiger partial charge >= 0.3 is 6.09 Å². The van der Waals surface area contributed by atoms with Crippen molar-refractivity contribution in [3.05, 3.63) is 0 Å². The highest BCUT2D eigenvalue weighted by molar-refractivity contribution is 5.69. The van der Waals surface area contributed by atoms with E-state index >= 15 is 0 Å². The van der Waals surface area contributed by atoms with Crippen LogP contribution in [-0.4, -0.2) is 41.8 Å². The quantitative estimate of drug-likeness (QED) is 0.755. The second kappa shape index (κ2) is 7.67. The summed E-state index contributed by atoms with van der Waals surface area (Å²) in [7, 11) is 0. The van der Waals surface area contributed by atoms with Crippen LogP contribution in [0, 0.1) is 5.92 Å². The first-order valence-corrected chi connectivity index (χ1v) is 9.08. The number of hydrogen-bond acceptors (Lipinski definition) is 3. The van der Waals surface area contributed by atoms with Gasteiger partial charge in [-0.2, -0.15) is 0 Å². The molecule has 0 radical (unpaired) electrons. The topological polar surface area (TPSA) is 41.6 Å². The highest BCUT2D eigenvalue weighted by atomic mass is 16.6. The molecule has 4 heteroatoms. The molecule has 2 atom stereocenters. The van der Waals surface area contributed by atoms with Gasteiger partial charge in [-0.3, -0.25) is 0 Å². The Morgan fingerprint density at radius 3 is 2.55 bits per heavy atom. The van der Waals surface area contributed by atoms with Gasteiger partial charge in [0, 0.05) is 18.6 Å². The van der Waals surface area contributed by atoms with Crippen LogP contribution in [-0.2, 0) is 4.74 Å². The van der Waals surface area contributed by atoms with Crippen molar-refractivity contribution in [1.29, 1.82) is 0 Å². The summed E-state index contributed by atoms with van der Waals surface area (Å²) in [5, 5.41) is 3.68. The lowest BCUT2D eigenvalue weighted by atomic mass is 9.87. The predicted molar refractivity (Wildman–Crippen MR) is 90.0 cm³/mol. The van der Waals surface area contributed by atoms with Crippen LogP contribution in [0.25, 0.3) is 0 Å². The molecule has 0 heterocycles. The van der Waals surface area contributed by atoms with Gasteiger partial charge in [0.25, 0.3) is 0 Å². The minimum Gasteiger partial charge on any atom is -0.444 e. The molecule has 4 nitrogen and oxygen atoms in total. The van der Waals surface area contributed by atoms with E-state index in [2.05, 4.69) is 12.2 Å². The molecule has 2 saturated carbocycles. The van der Waals surface area contributed by atoms with Gasteiger partial charge in [-0.1, -0.05) is 19.8 Å². The van der Waals surface area contributed by atoms with Gasteiger partial charge in [0.05, 0.1) is 0 Å². The molecular formula is C18H34N2O2. The fourth-order valence-corrected chi connectivity index (χ4v) is 3.30. The summed E-state index contributed by atoms with van der Waals surface area (Å²) in [4.78, 5) is 14.2. The molecule has 0 aliphatic heterocycles. The maximum atomic E-state index is 12.3. The minimum absolute atomic E-state index is 0.138. The lowest BCUT2D eigenvalue weighted by molar-refractivity contribution is 0.0231. The number of carbonyl (C=O) groups excluding carboxylic acids is 1. The van der Waals surface area contributed by atoms with Crippen molar-refractivity contribution in [3.8, 4) is 0 Å². The second-order valence-corrected chi connectivity index (χ2v) is 8.18. The molecule has 0 aromatic heterocycles.